The lowest BCUT2D eigenvalue weighted by molar-refractivity contribution is 0.145. The molecule has 0 aliphatic heterocycles. The fourth-order valence-electron chi connectivity index (χ4n) is 1.24. The molecule has 0 spiro atoms. The third-order valence-corrected chi connectivity index (χ3v) is 2.29. The van der Waals surface area contributed by atoms with E-state index in [0.717, 1.165) is 12.8 Å². The molecule has 1 aliphatic rings. The van der Waals surface area contributed by atoms with Crippen LogP contribution >= 0.6 is 0 Å². The molecule has 13 heavy (non-hydrogen) atoms. The Kier molecular flexibility index (Phi) is 1.80. The molecule has 2 nitrogen and oxygen atoms in total. The van der Waals surface area contributed by atoms with Crippen molar-refractivity contribution < 1.29 is 8.78 Å². The second-order valence-electron chi connectivity index (χ2n) is 3.40. The fourth-order valence-corrected chi connectivity index (χ4v) is 1.24. The number of halogens is 2. The van der Waals surface area contributed by atoms with Crippen LogP contribution in [0.25, 0.3) is 0 Å². The minimum Gasteiger partial charge on any atom is -0.320 e. The number of alkyl halides is 2. The van der Waals surface area contributed by atoms with Crippen LogP contribution in [0.1, 0.15) is 30.7 Å². The molecule has 1 aromatic rings. The summed E-state index contributed by atoms with van der Waals surface area (Å²) in [6.07, 6.45) is -0.832. The first kappa shape index (κ1) is 8.56. The third kappa shape index (κ3) is 1.54. The lowest BCUT2D eigenvalue weighted by Crippen LogP contribution is -2.20. The molecular formula is C9H10F2N2. The molecule has 0 atom stereocenters. The van der Waals surface area contributed by atoms with Crippen molar-refractivity contribution in [1.29, 1.82) is 0 Å². The predicted molar refractivity (Wildman–Crippen MR) is 44.3 cm³/mol. The van der Waals surface area contributed by atoms with Crippen LogP contribution in [0.2, 0.25) is 0 Å². The molecule has 2 rings (SSSR count). The van der Waals surface area contributed by atoms with Gasteiger partial charge in [-0.2, -0.15) is 0 Å². The molecule has 0 saturated heterocycles. The van der Waals surface area contributed by atoms with Crippen LogP contribution in [-0.2, 0) is 5.54 Å². The van der Waals surface area contributed by atoms with Crippen LogP contribution in [0.15, 0.2) is 18.2 Å². The number of hydrogen-bond donors (Lipinski definition) is 1. The Bertz CT molecular complexity index is 321. The number of aromatic nitrogens is 1. The summed E-state index contributed by atoms with van der Waals surface area (Å²) in [5.74, 6) is 0. The van der Waals surface area contributed by atoms with Crippen LogP contribution in [0.5, 0.6) is 0 Å². The topological polar surface area (TPSA) is 38.9 Å². The zero-order valence-electron chi connectivity index (χ0n) is 7.00. The van der Waals surface area contributed by atoms with Crippen molar-refractivity contribution in [2.75, 3.05) is 0 Å². The summed E-state index contributed by atoms with van der Waals surface area (Å²) >= 11 is 0. The average molecular weight is 184 g/mol. The normalized spacial score (nSPS) is 19.1. The van der Waals surface area contributed by atoms with Gasteiger partial charge in [0.15, 0.2) is 0 Å². The largest absolute Gasteiger partial charge is 0.320 e. The highest BCUT2D eigenvalue weighted by molar-refractivity contribution is 5.24. The van der Waals surface area contributed by atoms with E-state index in [2.05, 4.69) is 4.98 Å². The molecule has 0 bridgehead atoms. The van der Waals surface area contributed by atoms with Gasteiger partial charge in [0, 0.05) is 0 Å². The number of nitrogens with two attached hydrogens (primary N) is 1. The molecule has 0 unspecified atom stereocenters. The smallest absolute Gasteiger partial charge is 0.280 e. The standard InChI is InChI=1S/C9H10F2N2/c10-8(11)6-2-1-3-7(13-6)9(12)4-5-9/h1-3,8H,4-5,12H2. The zero-order chi connectivity index (χ0) is 9.47. The molecule has 2 N–H and O–H groups in total. The van der Waals surface area contributed by atoms with Gasteiger partial charge in [0.1, 0.15) is 5.69 Å². The Morgan fingerprint density at radius 1 is 1.38 bits per heavy atom. The van der Waals surface area contributed by atoms with Crippen molar-refractivity contribution in [3.8, 4) is 0 Å². The fraction of sp³-hybridized carbons (Fsp3) is 0.444. The first-order chi connectivity index (χ1) is 6.12. The Morgan fingerprint density at radius 2 is 2.08 bits per heavy atom. The van der Waals surface area contributed by atoms with Crippen LogP contribution < -0.4 is 5.73 Å². The van der Waals surface area contributed by atoms with Gasteiger partial charge >= 0.3 is 0 Å². The van der Waals surface area contributed by atoms with Gasteiger partial charge in [0.25, 0.3) is 6.43 Å². The lowest BCUT2D eigenvalue weighted by Gasteiger charge is -2.08. The molecule has 1 fully saturated rings. The first-order valence-electron chi connectivity index (χ1n) is 4.16. The van der Waals surface area contributed by atoms with E-state index < -0.39 is 12.0 Å². The molecule has 1 aliphatic carbocycles. The monoisotopic (exact) mass is 184 g/mol. The Morgan fingerprint density at radius 3 is 2.62 bits per heavy atom. The number of pyridine rings is 1. The Hall–Kier alpha value is -1.03. The highest BCUT2D eigenvalue weighted by Crippen LogP contribution is 2.41. The number of rotatable bonds is 2. The van der Waals surface area contributed by atoms with Gasteiger partial charge in [-0.1, -0.05) is 6.07 Å². The highest BCUT2D eigenvalue weighted by atomic mass is 19.3. The van der Waals surface area contributed by atoms with Crippen LogP contribution in [0.4, 0.5) is 8.78 Å². The van der Waals surface area contributed by atoms with Crippen molar-refractivity contribution in [3.63, 3.8) is 0 Å². The van der Waals surface area contributed by atoms with Crippen LogP contribution in [-0.4, -0.2) is 4.98 Å². The van der Waals surface area contributed by atoms with Crippen molar-refractivity contribution in [2.45, 2.75) is 24.8 Å². The average Bonchev–Trinajstić information content (AvgIpc) is 2.85. The molecular weight excluding hydrogens is 174 g/mol. The summed E-state index contributed by atoms with van der Waals surface area (Å²) < 4.78 is 24.5. The van der Waals surface area contributed by atoms with Gasteiger partial charge in [-0.15, -0.1) is 0 Å². The van der Waals surface area contributed by atoms with E-state index in [-0.39, 0.29) is 5.69 Å². The summed E-state index contributed by atoms with van der Waals surface area (Å²) in [4.78, 5) is 3.83. The summed E-state index contributed by atoms with van der Waals surface area (Å²) in [6.45, 7) is 0. The van der Waals surface area contributed by atoms with E-state index in [0.29, 0.717) is 5.69 Å². The van der Waals surface area contributed by atoms with Crippen LogP contribution in [0.3, 0.4) is 0 Å². The molecule has 0 aromatic carbocycles. The third-order valence-electron chi connectivity index (χ3n) is 2.29. The zero-order valence-corrected chi connectivity index (χ0v) is 7.00. The van der Waals surface area contributed by atoms with E-state index in [9.17, 15) is 8.78 Å². The summed E-state index contributed by atoms with van der Waals surface area (Å²) in [5, 5.41) is 0. The number of nitrogens with zero attached hydrogens (tertiary/aromatic N) is 1. The van der Waals surface area contributed by atoms with Crippen molar-refractivity contribution in [2.24, 2.45) is 5.73 Å². The van der Waals surface area contributed by atoms with Crippen molar-refractivity contribution >= 4 is 0 Å². The minimum absolute atomic E-state index is 0.186. The quantitative estimate of drug-likeness (QED) is 0.763. The van der Waals surface area contributed by atoms with Gasteiger partial charge in [-0.25, -0.2) is 13.8 Å². The van der Waals surface area contributed by atoms with Crippen molar-refractivity contribution in [1.82, 2.24) is 4.98 Å². The van der Waals surface area contributed by atoms with Crippen molar-refractivity contribution in [3.05, 3.63) is 29.6 Å². The first-order valence-corrected chi connectivity index (χ1v) is 4.16. The summed E-state index contributed by atoms with van der Waals surface area (Å²) in [5.41, 5.74) is 5.81. The van der Waals surface area contributed by atoms with E-state index in [1.54, 1.807) is 12.1 Å². The van der Waals surface area contributed by atoms with Crippen LogP contribution in [0, 0.1) is 0 Å². The van der Waals surface area contributed by atoms with Gasteiger partial charge < -0.3 is 5.73 Å². The second-order valence-corrected chi connectivity index (χ2v) is 3.40. The maximum absolute atomic E-state index is 12.3. The SMILES string of the molecule is NC1(c2cccc(C(F)F)n2)CC1. The van der Waals surface area contributed by atoms with Gasteiger partial charge in [0.2, 0.25) is 0 Å². The van der Waals surface area contributed by atoms with Gasteiger partial charge in [-0.3, -0.25) is 0 Å². The number of hydrogen-bond acceptors (Lipinski definition) is 2. The molecule has 0 amide bonds. The maximum Gasteiger partial charge on any atom is 0.280 e. The lowest BCUT2D eigenvalue weighted by atomic mass is 10.1. The summed E-state index contributed by atoms with van der Waals surface area (Å²) in [7, 11) is 0. The molecule has 1 heterocycles. The van der Waals surface area contributed by atoms with Gasteiger partial charge in [-0.05, 0) is 25.0 Å². The van der Waals surface area contributed by atoms with E-state index in [4.69, 9.17) is 5.73 Å². The minimum atomic E-state index is -2.51. The van der Waals surface area contributed by atoms with Gasteiger partial charge in [0.05, 0.1) is 11.2 Å². The van der Waals surface area contributed by atoms with E-state index in [1.807, 2.05) is 0 Å². The molecule has 0 radical (unpaired) electrons. The predicted octanol–water partition coefficient (Wildman–Crippen LogP) is 1.97. The van der Waals surface area contributed by atoms with E-state index >= 15 is 0 Å². The Balaban J connectivity index is 2.33. The highest BCUT2D eigenvalue weighted by Gasteiger charge is 2.41. The molecule has 4 heteroatoms. The Labute approximate surface area is 74.8 Å². The summed E-state index contributed by atoms with van der Waals surface area (Å²) in [6, 6.07) is 4.61. The molecule has 1 aromatic heterocycles. The molecule has 70 valence electrons. The maximum atomic E-state index is 12.3. The van der Waals surface area contributed by atoms with E-state index in [1.165, 1.54) is 6.07 Å². The second kappa shape index (κ2) is 2.73. The molecule has 1 saturated carbocycles.